The van der Waals surface area contributed by atoms with Crippen molar-refractivity contribution in [3.05, 3.63) is 0 Å². The maximum Gasteiger partial charge on any atom is 0.225 e. The molecule has 4 bridgehead atoms. The first kappa shape index (κ1) is 7.37. The maximum absolute atomic E-state index is 11.1. The van der Waals surface area contributed by atoms with Crippen LogP contribution in [0.25, 0.3) is 0 Å². The molecule has 0 radical (unpaired) electrons. The Labute approximate surface area is 77.5 Å². The molecule has 12 heavy (non-hydrogen) atoms. The highest BCUT2D eigenvalue weighted by Crippen LogP contribution is 2.63. The number of carbonyl (C=O) groups is 1. The number of rotatable bonds is 1. The van der Waals surface area contributed by atoms with Gasteiger partial charge in [-0.3, -0.25) is 4.79 Å². The third-order valence-corrected chi connectivity index (χ3v) is 4.71. The summed E-state index contributed by atoms with van der Waals surface area (Å²) in [5.74, 6) is 3.54. The van der Waals surface area contributed by atoms with E-state index in [4.69, 9.17) is 11.6 Å². The van der Waals surface area contributed by atoms with Gasteiger partial charge in [-0.05, 0) is 61.0 Å². The average Bonchev–Trinajstić information content (AvgIpc) is 2.66. The van der Waals surface area contributed by atoms with Crippen molar-refractivity contribution < 1.29 is 4.79 Å². The summed E-state index contributed by atoms with van der Waals surface area (Å²) in [6.07, 6.45) is 5.25. The van der Waals surface area contributed by atoms with Gasteiger partial charge in [0, 0.05) is 5.92 Å². The van der Waals surface area contributed by atoms with E-state index in [0.717, 1.165) is 24.2 Å². The SMILES string of the molecule is O=C(Cl)C1CC2CC3CCC2C31. The Hall–Kier alpha value is -0.0400. The summed E-state index contributed by atoms with van der Waals surface area (Å²) in [6, 6.07) is 0. The predicted octanol–water partition coefficient (Wildman–Crippen LogP) is 2.43. The number of hydrogen-bond donors (Lipinski definition) is 0. The van der Waals surface area contributed by atoms with Crippen LogP contribution in [-0.4, -0.2) is 5.24 Å². The van der Waals surface area contributed by atoms with Crippen molar-refractivity contribution >= 4 is 16.8 Å². The number of carbonyl (C=O) groups excluding carboxylic acids is 1. The monoisotopic (exact) mass is 184 g/mol. The highest BCUT2D eigenvalue weighted by atomic mass is 35.5. The highest BCUT2D eigenvalue weighted by Gasteiger charge is 2.58. The standard InChI is InChI=1S/C10H13ClO/c11-10(12)8-4-6-3-5-1-2-7(6)9(5)8/h5-9H,1-4H2. The minimum absolute atomic E-state index is 0.0564. The van der Waals surface area contributed by atoms with Gasteiger partial charge in [0.1, 0.15) is 0 Å². The Morgan fingerprint density at radius 2 is 2.00 bits per heavy atom. The Kier molecular flexibility index (Phi) is 1.39. The molecule has 2 heteroatoms. The smallest absolute Gasteiger partial charge is 0.225 e. The third kappa shape index (κ3) is 0.736. The molecule has 0 amide bonds. The molecule has 5 atom stereocenters. The van der Waals surface area contributed by atoms with Crippen LogP contribution < -0.4 is 0 Å². The molecule has 3 aliphatic rings. The van der Waals surface area contributed by atoms with Crippen LogP contribution in [0, 0.1) is 29.6 Å². The van der Waals surface area contributed by atoms with E-state index in [2.05, 4.69) is 0 Å². The second-order valence-electron chi connectivity index (χ2n) is 4.72. The van der Waals surface area contributed by atoms with E-state index in [-0.39, 0.29) is 11.2 Å². The van der Waals surface area contributed by atoms with Gasteiger partial charge in [-0.2, -0.15) is 0 Å². The molecule has 0 heterocycles. The molecule has 3 rings (SSSR count). The molecule has 0 saturated heterocycles. The first-order valence-corrected chi connectivity index (χ1v) is 5.34. The molecule has 3 saturated carbocycles. The van der Waals surface area contributed by atoms with E-state index in [1.54, 1.807) is 0 Å². The Bertz CT molecular complexity index is 238. The Morgan fingerprint density at radius 1 is 1.17 bits per heavy atom. The highest BCUT2D eigenvalue weighted by molar-refractivity contribution is 6.64. The van der Waals surface area contributed by atoms with Crippen LogP contribution >= 0.6 is 11.6 Å². The Balaban J connectivity index is 1.92. The molecule has 3 fully saturated rings. The van der Waals surface area contributed by atoms with E-state index < -0.39 is 0 Å². The lowest BCUT2D eigenvalue weighted by Gasteiger charge is -2.25. The molecule has 1 nitrogen and oxygen atoms in total. The summed E-state index contributed by atoms with van der Waals surface area (Å²) >= 11 is 5.60. The average molecular weight is 185 g/mol. The minimum atomic E-state index is -0.0564. The second kappa shape index (κ2) is 2.25. The van der Waals surface area contributed by atoms with Crippen molar-refractivity contribution in [3.63, 3.8) is 0 Å². The number of hydrogen-bond acceptors (Lipinski definition) is 1. The quantitative estimate of drug-likeness (QED) is 0.573. The second-order valence-corrected chi connectivity index (χ2v) is 5.09. The summed E-state index contributed by atoms with van der Waals surface area (Å²) in [5, 5.41) is -0.0564. The van der Waals surface area contributed by atoms with Gasteiger partial charge < -0.3 is 0 Å². The van der Waals surface area contributed by atoms with Crippen molar-refractivity contribution in [2.24, 2.45) is 29.6 Å². The van der Waals surface area contributed by atoms with Gasteiger partial charge in [0.15, 0.2) is 0 Å². The molecule has 0 aliphatic heterocycles. The predicted molar refractivity (Wildman–Crippen MR) is 46.8 cm³/mol. The van der Waals surface area contributed by atoms with E-state index >= 15 is 0 Å². The molecule has 0 N–H and O–H groups in total. The molecule has 5 unspecified atom stereocenters. The zero-order chi connectivity index (χ0) is 8.29. The molecule has 0 spiro atoms. The molecule has 0 aromatic heterocycles. The van der Waals surface area contributed by atoms with Gasteiger partial charge in [0.25, 0.3) is 0 Å². The van der Waals surface area contributed by atoms with Gasteiger partial charge in [-0.1, -0.05) is 0 Å². The molecule has 0 aromatic rings. The summed E-state index contributed by atoms with van der Waals surface area (Å²) in [5.41, 5.74) is 0. The fraction of sp³-hybridized carbons (Fsp3) is 0.900. The van der Waals surface area contributed by atoms with Crippen LogP contribution in [0.1, 0.15) is 25.7 Å². The van der Waals surface area contributed by atoms with Crippen LogP contribution in [0.5, 0.6) is 0 Å². The van der Waals surface area contributed by atoms with Crippen LogP contribution in [-0.2, 0) is 4.79 Å². The van der Waals surface area contributed by atoms with Crippen molar-refractivity contribution in [1.29, 1.82) is 0 Å². The van der Waals surface area contributed by atoms with Gasteiger partial charge >= 0.3 is 0 Å². The lowest BCUT2D eigenvalue weighted by Crippen LogP contribution is -2.22. The third-order valence-electron chi connectivity index (χ3n) is 4.43. The number of halogens is 1. The van der Waals surface area contributed by atoms with Gasteiger partial charge in [0.2, 0.25) is 5.24 Å². The van der Waals surface area contributed by atoms with E-state index in [1.165, 1.54) is 19.3 Å². The zero-order valence-corrected chi connectivity index (χ0v) is 7.76. The largest absolute Gasteiger partial charge is 0.281 e. The first-order valence-electron chi connectivity index (χ1n) is 4.96. The lowest BCUT2D eigenvalue weighted by atomic mass is 9.81. The summed E-state index contributed by atoms with van der Waals surface area (Å²) in [4.78, 5) is 11.1. The van der Waals surface area contributed by atoms with Crippen LogP contribution in [0.3, 0.4) is 0 Å². The fourth-order valence-electron chi connectivity index (χ4n) is 4.15. The van der Waals surface area contributed by atoms with Crippen LogP contribution in [0.2, 0.25) is 0 Å². The molecular formula is C10H13ClO. The normalized spacial score (nSPS) is 54.9. The van der Waals surface area contributed by atoms with Gasteiger partial charge in [-0.15, -0.1) is 0 Å². The van der Waals surface area contributed by atoms with Gasteiger partial charge in [0.05, 0.1) is 0 Å². The first-order chi connectivity index (χ1) is 5.77. The van der Waals surface area contributed by atoms with Crippen LogP contribution in [0.4, 0.5) is 0 Å². The summed E-state index contributed by atoms with van der Waals surface area (Å²) in [7, 11) is 0. The van der Waals surface area contributed by atoms with Crippen molar-refractivity contribution in [2.75, 3.05) is 0 Å². The van der Waals surface area contributed by atoms with E-state index in [0.29, 0.717) is 5.92 Å². The van der Waals surface area contributed by atoms with Crippen molar-refractivity contribution in [1.82, 2.24) is 0 Å². The van der Waals surface area contributed by atoms with E-state index in [1.807, 2.05) is 0 Å². The molecule has 0 aromatic carbocycles. The molecular weight excluding hydrogens is 172 g/mol. The topological polar surface area (TPSA) is 17.1 Å². The van der Waals surface area contributed by atoms with E-state index in [9.17, 15) is 4.79 Å². The minimum Gasteiger partial charge on any atom is -0.281 e. The fourth-order valence-corrected chi connectivity index (χ4v) is 4.39. The summed E-state index contributed by atoms with van der Waals surface area (Å²) in [6.45, 7) is 0. The maximum atomic E-state index is 11.1. The van der Waals surface area contributed by atoms with Crippen LogP contribution in [0.15, 0.2) is 0 Å². The molecule has 66 valence electrons. The summed E-state index contributed by atoms with van der Waals surface area (Å²) < 4.78 is 0. The Morgan fingerprint density at radius 3 is 2.58 bits per heavy atom. The van der Waals surface area contributed by atoms with Gasteiger partial charge in [-0.25, -0.2) is 0 Å². The zero-order valence-electron chi connectivity index (χ0n) is 7.00. The molecule has 3 aliphatic carbocycles. The van der Waals surface area contributed by atoms with Crippen molar-refractivity contribution in [2.45, 2.75) is 25.7 Å². The van der Waals surface area contributed by atoms with Crippen molar-refractivity contribution in [3.8, 4) is 0 Å². The lowest BCUT2D eigenvalue weighted by molar-refractivity contribution is -0.117.